The number of nitrogens with zero attached hydrogens (tertiary/aromatic N) is 1. The molecule has 0 aliphatic rings. The molecule has 18 heavy (non-hydrogen) atoms. The van der Waals surface area contributed by atoms with Crippen molar-refractivity contribution in [2.24, 2.45) is 0 Å². The van der Waals surface area contributed by atoms with Gasteiger partial charge >= 0.3 is 0 Å². The fourth-order valence-electron chi connectivity index (χ4n) is 2.07. The Morgan fingerprint density at radius 1 is 1.33 bits per heavy atom. The summed E-state index contributed by atoms with van der Waals surface area (Å²) in [6.45, 7) is 6.29. The molecule has 0 radical (unpaired) electrons. The molecule has 0 unspecified atom stereocenters. The lowest BCUT2D eigenvalue weighted by atomic mass is 9.96. The number of ether oxygens (including phenoxy) is 1. The maximum atomic E-state index is 5.93. The van der Waals surface area contributed by atoms with E-state index in [1.54, 1.807) is 7.11 Å². The molecule has 0 saturated carbocycles. The van der Waals surface area contributed by atoms with Crippen LogP contribution in [0.2, 0.25) is 0 Å². The number of H-pyrrole nitrogens is 1. The largest absolute Gasteiger partial charge is 0.496 e. The quantitative estimate of drug-likeness (QED) is 0.873. The van der Waals surface area contributed by atoms with Gasteiger partial charge in [-0.15, -0.1) is 0 Å². The van der Waals surface area contributed by atoms with Crippen LogP contribution in [0.4, 0.5) is 5.82 Å². The fraction of sp³-hybridized carbons (Fsp3) is 0.357. The van der Waals surface area contributed by atoms with E-state index in [4.69, 9.17) is 10.5 Å². The van der Waals surface area contributed by atoms with Gasteiger partial charge in [-0.05, 0) is 30.5 Å². The molecule has 1 heterocycles. The Labute approximate surface area is 107 Å². The highest BCUT2D eigenvalue weighted by atomic mass is 16.5. The molecule has 1 aromatic heterocycles. The van der Waals surface area contributed by atoms with Crippen molar-refractivity contribution in [3.05, 3.63) is 29.5 Å². The van der Waals surface area contributed by atoms with E-state index in [9.17, 15) is 0 Å². The first kappa shape index (κ1) is 12.5. The van der Waals surface area contributed by atoms with Gasteiger partial charge in [0.05, 0.1) is 7.11 Å². The molecular weight excluding hydrogens is 226 g/mol. The van der Waals surface area contributed by atoms with Crippen molar-refractivity contribution in [2.75, 3.05) is 12.8 Å². The number of nitrogens with two attached hydrogens (primary N) is 1. The van der Waals surface area contributed by atoms with Crippen molar-refractivity contribution in [2.45, 2.75) is 26.7 Å². The first-order valence-electron chi connectivity index (χ1n) is 6.03. The van der Waals surface area contributed by atoms with E-state index in [1.165, 1.54) is 5.56 Å². The van der Waals surface area contributed by atoms with Crippen LogP contribution in [0.3, 0.4) is 0 Å². The molecule has 1 aromatic carbocycles. The predicted molar refractivity (Wildman–Crippen MR) is 73.8 cm³/mol. The number of hydrogen-bond acceptors (Lipinski definition) is 3. The van der Waals surface area contributed by atoms with E-state index in [0.717, 1.165) is 22.6 Å². The van der Waals surface area contributed by atoms with Crippen LogP contribution in [0.15, 0.2) is 18.2 Å². The van der Waals surface area contributed by atoms with E-state index in [-0.39, 0.29) is 0 Å². The highest BCUT2D eigenvalue weighted by molar-refractivity contribution is 5.81. The van der Waals surface area contributed by atoms with Gasteiger partial charge in [-0.25, -0.2) is 0 Å². The molecule has 3 N–H and O–H groups in total. The molecule has 0 fully saturated rings. The van der Waals surface area contributed by atoms with Crippen molar-refractivity contribution in [3.8, 4) is 16.9 Å². The smallest absolute Gasteiger partial charge is 0.153 e. The number of aromatic nitrogens is 2. The molecule has 2 rings (SSSR count). The Kier molecular flexibility index (Phi) is 3.28. The topological polar surface area (TPSA) is 63.9 Å². The molecule has 0 amide bonds. The Bertz CT molecular complexity index is 539. The van der Waals surface area contributed by atoms with E-state index in [0.29, 0.717) is 11.7 Å². The van der Waals surface area contributed by atoms with Gasteiger partial charge in [0.1, 0.15) is 5.75 Å². The monoisotopic (exact) mass is 245 g/mol. The third-order valence-electron chi connectivity index (χ3n) is 3.13. The normalized spacial score (nSPS) is 10.9. The summed E-state index contributed by atoms with van der Waals surface area (Å²) in [7, 11) is 1.67. The van der Waals surface area contributed by atoms with Crippen LogP contribution >= 0.6 is 0 Å². The van der Waals surface area contributed by atoms with Gasteiger partial charge in [-0.1, -0.05) is 19.9 Å². The van der Waals surface area contributed by atoms with Gasteiger partial charge in [0.2, 0.25) is 0 Å². The standard InChI is InChI=1S/C14H19N3O/c1-8(2)10-5-6-12(18-4)11(7-10)13-9(3)16-17-14(13)15/h5-8H,1-4H3,(H3,15,16,17). The summed E-state index contributed by atoms with van der Waals surface area (Å²) in [5, 5.41) is 6.94. The minimum atomic E-state index is 0.461. The lowest BCUT2D eigenvalue weighted by molar-refractivity contribution is 0.416. The number of aryl methyl sites for hydroxylation is 1. The number of methoxy groups -OCH3 is 1. The van der Waals surface area contributed by atoms with Gasteiger partial charge in [0.15, 0.2) is 5.82 Å². The number of nitrogens with one attached hydrogen (secondary N) is 1. The average molecular weight is 245 g/mol. The first-order valence-corrected chi connectivity index (χ1v) is 6.03. The number of hydrogen-bond donors (Lipinski definition) is 2. The summed E-state index contributed by atoms with van der Waals surface area (Å²) in [5.41, 5.74) is 10.0. The number of rotatable bonds is 3. The van der Waals surface area contributed by atoms with Gasteiger partial charge < -0.3 is 10.5 Å². The van der Waals surface area contributed by atoms with Crippen molar-refractivity contribution in [1.29, 1.82) is 0 Å². The second-order valence-electron chi connectivity index (χ2n) is 4.72. The fourth-order valence-corrected chi connectivity index (χ4v) is 2.07. The Balaban J connectivity index is 2.64. The van der Waals surface area contributed by atoms with Crippen LogP contribution in [0.5, 0.6) is 5.75 Å². The highest BCUT2D eigenvalue weighted by Gasteiger charge is 2.15. The number of aromatic amines is 1. The Hall–Kier alpha value is -1.97. The van der Waals surface area contributed by atoms with Gasteiger partial charge in [0.25, 0.3) is 0 Å². The molecule has 0 aliphatic heterocycles. The summed E-state index contributed by atoms with van der Waals surface area (Å²) in [4.78, 5) is 0. The van der Waals surface area contributed by atoms with Crippen LogP contribution in [-0.4, -0.2) is 17.3 Å². The molecule has 96 valence electrons. The minimum Gasteiger partial charge on any atom is -0.496 e. The molecule has 0 saturated heterocycles. The second kappa shape index (κ2) is 4.72. The van der Waals surface area contributed by atoms with Crippen LogP contribution < -0.4 is 10.5 Å². The van der Waals surface area contributed by atoms with Gasteiger partial charge in [-0.2, -0.15) is 5.10 Å². The van der Waals surface area contributed by atoms with Crippen LogP contribution in [-0.2, 0) is 0 Å². The molecule has 4 heteroatoms. The first-order chi connectivity index (χ1) is 8.54. The molecule has 0 spiro atoms. The molecule has 0 aliphatic carbocycles. The highest BCUT2D eigenvalue weighted by Crippen LogP contribution is 2.36. The third-order valence-corrected chi connectivity index (χ3v) is 3.13. The maximum Gasteiger partial charge on any atom is 0.153 e. The minimum absolute atomic E-state index is 0.461. The number of benzene rings is 1. The molecule has 4 nitrogen and oxygen atoms in total. The predicted octanol–water partition coefficient (Wildman–Crippen LogP) is 3.10. The summed E-state index contributed by atoms with van der Waals surface area (Å²) in [6, 6.07) is 6.19. The van der Waals surface area contributed by atoms with E-state index >= 15 is 0 Å². The summed E-state index contributed by atoms with van der Waals surface area (Å²) in [6.07, 6.45) is 0. The number of anilines is 1. The van der Waals surface area contributed by atoms with Crippen LogP contribution in [0, 0.1) is 6.92 Å². The second-order valence-corrected chi connectivity index (χ2v) is 4.72. The third kappa shape index (κ3) is 2.06. The van der Waals surface area contributed by atoms with Gasteiger partial charge in [-0.3, -0.25) is 5.10 Å². The number of nitrogen functional groups attached to an aromatic ring is 1. The average Bonchev–Trinajstić information content (AvgIpc) is 2.68. The lowest BCUT2D eigenvalue weighted by Crippen LogP contribution is -1.95. The van der Waals surface area contributed by atoms with Crippen molar-refractivity contribution >= 4 is 5.82 Å². The summed E-state index contributed by atoms with van der Waals surface area (Å²) in [5.74, 6) is 1.78. The SMILES string of the molecule is COc1ccc(C(C)C)cc1-c1c(N)n[nH]c1C. The molecule has 2 aromatic rings. The zero-order valence-electron chi connectivity index (χ0n) is 11.2. The van der Waals surface area contributed by atoms with Crippen LogP contribution in [0.1, 0.15) is 31.0 Å². The van der Waals surface area contributed by atoms with E-state index in [2.05, 4.69) is 36.2 Å². The van der Waals surface area contributed by atoms with Crippen LogP contribution in [0.25, 0.3) is 11.1 Å². The molecular formula is C14H19N3O. The van der Waals surface area contributed by atoms with Gasteiger partial charge in [0, 0.05) is 16.8 Å². The van der Waals surface area contributed by atoms with Crippen molar-refractivity contribution in [3.63, 3.8) is 0 Å². The van der Waals surface area contributed by atoms with Crippen molar-refractivity contribution in [1.82, 2.24) is 10.2 Å². The Morgan fingerprint density at radius 2 is 2.06 bits per heavy atom. The van der Waals surface area contributed by atoms with Crippen molar-refractivity contribution < 1.29 is 4.74 Å². The summed E-state index contributed by atoms with van der Waals surface area (Å²) < 4.78 is 5.42. The molecule has 0 bridgehead atoms. The zero-order chi connectivity index (χ0) is 13.3. The van der Waals surface area contributed by atoms with E-state index in [1.807, 2.05) is 13.0 Å². The summed E-state index contributed by atoms with van der Waals surface area (Å²) >= 11 is 0. The Morgan fingerprint density at radius 3 is 2.56 bits per heavy atom. The zero-order valence-corrected chi connectivity index (χ0v) is 11.2. The lowest BCUT2D eigenvalue weighted by Gasteiger charge is -2.13. The molecule has 0 atom stereocenters. The maximum absolute atomic E-state index is 5.93. The van der Waals surface area contributed by atoms with E-state index < -0.39 is 0 Å².